The molecular formula is C16H22N2O2. The van der Waals surface area contributed by atoms with Crippen molar-refractivity contribution in [2.45, 2.75) is 39.2 Å². The van der Waals surface area contributed by atoms with Crippen LogP contribution in [-0.2, 0) is 9.59 Å². The van der Waals surface area contributed by atoms with E-state index in [1.807, 2.05) is 36.1 Å². The number of hydrogen-bond donors (Lipinski definition) is 1. The maximum absolute atomic E-state index is 12.3. The number of aryl methyl sites for hydroxylation is 1. The molecule has 0 bridgehead atoms. The third-order valence-corrected chi connectivity index (χ3v) is 3.69. The molecule has 0 saturated carbocycles. The van der Waals surface area contributed by atoms with Gasteiger partial charge in [-0.2, -0.15) is 0 Å². The number of hydrogen-bond acceptors (Lipinski definition) is 2. The fourth-order valence-electron chi connectivity index (χ4n) is 2.57. The quantitative estimate of drug-likeness (QED) is 0.915. The van der Waals surface area contributed by atoms with Gasteiger partial charge in [0.25, 0.3) is 0 Å². The van der Waals surface area contributed by atoms with Gasteiger partial charge in [0.1, 0.15) is 0 Å². The second-order valence-electron chi connectivity index (χ2n) is 5.46. The summed E-state index contributed by atoms with van der Waals surface area (Å²) >= 11 is 0. The molecule has 2 amide bonds. The lowest BCUT2D eigenvalue weighted by Crippen LogP contribution is -2.34. The van der Waals surface area contributed by atoms with E-state index in [-0.39, 0.29) is 17.9 Å². The fourth-order valence-corrected chi connectivity index (χ4v) is 2.57. The lowest BCUT2D eigenvalue weighted by Gasteiger charge is -2.22. The second-order valence-corrected chi connectivity index (χ2v) is 5.46. The van der Waals surface area contributed by atoms with Gasteiger partial charge < -0.3 is 10.2 Å². The molecule has 1 aliphatic heterocycles. The van der Waals surface area contributed by atoms with Crippen molar-refractivity contribution < 1.29 is 9.59 Å². The largest absolute Gasteiger partial charge is 0.349 e. The molecule has 1 heterocycles. The summed E-state index contributed by atoms with van der Waals surface area (Å²) in [7, 11) is 0. The molecule has 1 saturated heterocycles. The molecule has 0 aliphatic carbocycles. The molecule has 1 aromatic carbocycles. The number of rotatable bonds is 4. The number of nitrogens with zero attached hydrogens (tertiary/aromatic N) is 1. The van der Waals surface area contributed by atoms with Crippen molar-refractivity contribution in [3.8, 4) is 0 Å². The molecule has 0 spiro atoms. The highest BCUT2D eigenvalue weighted by molar-refractivity contribution is 5.79. The van der Waals surface area contributed by atoms with Crippen LogP contribution in [0, 0.1) is 6.92 Å². The van der Waals surface area contributed by atoms with Gasteiger partial charge >= 0.3 is 0 Å². The Morgan fingerprint density at radius 1 is 1.20 bits per heavy atom. The van der Waals surface area contributed by atoms with Gasteiger partial charge in [-0.3, -0.25) is 9.59 Å². The molecule has 2 rings (SSSR count). The Kier molecular flexibility index (Phi) is 4.77. The van der Waals surface area contributed by atoms with E-state index >= 15 is 0 Å². The van der Waals surface area contributed by atoms with Gasteiger partial charge in [-0.15, -0.1) is 0 Å². The normalized spacial score (nSPS) is 16.0. The highest BCUT2D eigenvalue weighted by atomic mass is 16.2. The van der Waals surface area contributed by atoms with E-state index in [2.05, 4.69) is 5.32 Å². The first-order valence-corrected chi connectivity index (χ1v) is 7.17. The third kappa shape index (κ3) is 3.83. The number of amides is 2. The number of nitrogens with one attached hydrogen (secondary N) is 1. The molecule has 4 heteroatoms. The zero-order valence-corrected chi connectivity index (χ0v) is 12.2. The number of likely N-dealkylation sites (tertiary alicyclic amines) is 1. The van der Waals surface area contributed by atoms with Gasteiger partial charge in [-0.25, -0.2) is 0 Å². The van der Waals surface area contributed by atoms with Gasteiger partial charge in [0.2, 0.25) is 11.8 Å². The Hall–Kier alpha value is -1.84. The minimum absolute atomic E-state index is 0.107. The second kappa shape index (κ2) is 6.55. The molecule has 1 unspecified atom stereocenters. The minimum Gasteiger partial charge on any atom is -0.349 e. The standard InChI is InChI=1S/C16H22N2O2/c1-12-5-7-14(8-6-12)15(17-13(2)19)11-16(20)18-9-3-4-10-18/h5-8,15H,3-4,9-11H2,1-2H3,(H,17,19). The smallest absolute Gasteiger partial charge is 0.224 e. The molecular weight excluding hydrogens is 252 g/mol. The van der Waals surface area contributed by atoms with E-state index in [0.29, 0.717) is 6.42 Å². The summed E-state index contributed by atoms with van der Waals surface area (Å²) in [6, 6.07) is 7.73. The van der Waals surface area contributed by atoms with Crippen LogP contribution in [0.2, 0.25) is 0 Å². The molecule has 1 aromatic rings. The zero-order valence-electron chi connectivity index (χ0n) is 12.2. The highest BCUT2D eigenvalue weighted by Crippen LogP contribution is 2.20. The molecule has 1 N–H and O–H groups in total. The van der Waals surface area contributed by atoms with Gasteiger partial charge in [0, 0.05) is 20.0 Å². The Morgan fingerprint density at radius 2 is 1.80 bits per heavy atom. The summed E-state index contributed by atoms with van der Waals surface area (Å²) < 4.78 is 0. The van der Waals surface area contributed by atoms with E-state index in [4.69, 9.17) is 0 Å². The lowest BCUT2D eigenvalue weighted by molar-refractivity contribution is -0.131. The van der Waals surface area contributed by atoms with Crippen LogP contribution in [0.5, 0.6) is 0 Å². The fraction of sp³-hybridized carbons (Fsp3) is 0.500. The van der Waals surface area contributed by atoms with Crippen molar-refractivity contribution in [1.29, 1.82) is 0 Å². The number of carbonyl (C=O) groups is 2. The first kappa shape index (κ1) is 14.6. The van der Waals surface area contributed by atoms with E-state index in [9.17, 15) is 9.59 Å². The predicted octanol–water partition coefficient (Wildman–Crippen LogP) is 2.18. The Bertz CT molecular complexity index is 476. The van der Waals surface area contributed by atoms with Crippen molar-refractivity contribution in [3.63, 3.8) is 0 Å². The first-order chi connectivity index (χ1) is 9.56. The summed E-state index contributed by atoms with van der Waals surface area (Å²) in [5, 5.41) is 2.88. The summed E-state index contributed by atoms with van der Waals surface area (Å²) in [6.07, 6.45) is 2.50. The van der Waals surface area contributed by atoms with Crippen LogP contribution < -0.4 is 5.32 Å². The van der Waals surface area contributed by atoms with Gasteiger partial charge in [0.05, 0.1) is 12.5 Å². The third-order valence-electron chi connectivity index (χ3n) is 3.69. The molecule has 0 aromatic heterocycles. The summed E-state index contributed by atoms with van der Waals surface area (Å²) in [5.41, 5.74) is 2.15. The molecule has 20 heavy (non-hydrogen) atoms. The van der Waals surface area contributed by atoms with Crippen molar-refractivity contribution in [1.82, 2.24) is 10.2 Å². The van der Waals surface area contributed by atoms with E-state index < -0.39 is 0 Å². The van der Waals surface area contributed by atoms with Crippen LogP contribution in [0.4, 0.5) is 0 Å². The lowest BCUT2D eigenvalue weighted by atomic mass is 10.0. The van der Waals surface area contributed by atoms with Crippen LogP contribution in [0.15, 0.2) is 24.3 Å². The maximum atomic E-state index is 12.3. The van der Waals surface area contributed by atoms with Gasteiger partial charge in [-0.1, -0.05) is 29.8 Å². The van der Waals surface area contributed by atoms with E-state index in [0.717, 1.165) is 31.5 Å². The Labute approximate surface area is 120 Å². The van der Waals surface area contributed by atoms with Crippen molar-refractivity contribution >= 4 is 11.8 Å². The van der Waals surface area contributed by atoms with E-state index in [1.165, 1.54) is 12.5 Å². The van der Waals surface area contributed by atoms with E-state index in [1.54, 1.807) is 0 Å². The van der Waals surface area contributed by atoms with Crippen LogP contribution in [-0.4, -0.2) is 29.8 Å². The predicted molar refractivity (Wildman–Crippen MR) is 78.2 cm³/mol. The number of benzene rings is 1. The minimum atomic E-state index is -0.235. The summed E-state index contributed by atoms with van der Waals surface area (Å²) in [5.74, 6) is 0.0200. The average Bonchev–Trinajstić information content (AvgIpc) is 2.92. The van der Waals surface area contributed by atoms with Gasteiger partial charge in [0.15, 0.2) is 0 Å². The van der Waals surface area contributed by atoms with Crippen LogP contribution >= 0.6 is 0 Å². The molecule has 1 fully saturated rings. The molecule has 0 radical (unpaired) electrons. The van der Waals surface area contributed by atoms with Crippen molar-refractivity contribution in [3.05, 3.63) is 35.4 Å². The van der Waals surface area contributed by atoms with Crippen LogP contribution in [0.25, 0.3) is 0 Å². The highest BCUT2D eigenvalue weighted by Gasteiger charge is 2.23. The molecule has 1 aliphatic rings. The van der Waals surface area contributed by atoms with Crippen molar-refractivity contribution in [2.75, 3.05) is 13.1 Å². The first-order valence-electron chi connectivity index (χ1n) is 7.17. The summed E-state index contributed by atoms with van der Waals surface area (Å²) in [6.45, 7) is 5.20. The molecule has 1 atom stereocenters. The van der Waals surface area contributed by atoms with Crippen molar-refractivity contribution in [2.24, 2.45) is 0 Å². The monoisotopic (exact) mass is 274 g/mol. The number of carbonyl (C=O) groups excluding carboxylic acids is 2. The SMILES string of the molecule is CC(=O)NC(CC(=O)N1CCCC1)c1ccc(C)cc1. The average molecular weight is 274 g/mol. The maximum Gasteiger partial charge on any atom is 0.224 e. The zero-order chi connectivity index (χ0) is 14.5. The van der Waals surface area contributed by atoms with Crippen LogP contribution in [0.3, 0.4) is 0 Å². The van der Waals surface area contributed by atoms with Crippen LogP contribution in [0.1, 0.15) is 43.4 Å². The Morgan fingerprint density at radius 3 is 2.35 bits per heavy atom. The summed E-state index contributed by atoms with van der Waals surface area (Å²) in [4.78, 5) is 25.5. The molecule has 4 nitrogen and oxygen atoms in total. The molecule has 108 valence electrons. The topological polar surface area (TPSA) is 49.4 Å². The van der Waals surface area contributed by atoms with Gasteiger partial charge in [-0.05, 0) is 25.3 Å². The Balaban J connectivity index is 2.08.